The van der Waals surface area contributed by atoms with Gasteiger partial charge in [-0.1, -0.05) is 19.9 Å². The summed E-state index contributed by atoms with van der Waals surface area (Å²) < 4.78 is 1.86. The third-order valence-corrected chi connectivity index (χ3v) is 6.76. The number of imidazole rings is 1. The molecule has 0 spiro atoms. The van der Waals surface area contributed by atoms with Crippen LogP contribution in [0.3, 0.4) is 0 Å². The van der Waals surface area contributed by atoms with E-state index in [1.807, 2.05) is 30.1 Å². The van der Waals surface area contributed by atoms with E-state index in [0.717, 1.165) is 31.6 Å². The van der Waals surface area contributed by atoms with E-state index in [9.17, 15) is 9.59 Å². The van der Waals surface area contributed by atoms with Crippen molar-refractivity contribution in [1.29, 1.82) is 0 Å². The van der Waals surface area contributed by atoms with Crippen LogP contribution in [0.15, 0.2) is 24.5 Å². The number of amides is 2. The molecule has 33 heavy (non-hydrogen) atoms. The van der Waals surface area contributed by atoms with Gasteiger partial charge in [0.1, 0.15) is 5.82 Å². The highest BCUT2D eigenvalue weighted by Gasteiger charge is 2.42. The second-order valence-corrected chi connectivity index (χ2v) is 10.6. The Labute approximate surface area is 197 Å². The zero-order valence-corrected chi connectivity index (χ0v) is 21.3. The Morgan fingerprint density at radius 2 is 1.94 bits per heavy atom. The maximum atomic E-state index is 12.9. The van der Waals surface area contributed by atoms with E-state index >= 15 is 0 Å². The van der Waals surface area contributed by atoms with Crippen LogP contribution in [0, 0.1) is 0 Å². The molecule has 8 nitrogen and oxygen atoms in total. The Balaban J connectivity index is 1.97. The van der Waals surface area contributed by atoms with E-state index in [2.05, 4.69) is 43.6 Å². The topological polar surface area (TPSA) is 74.6 Å². The van der Waals surface area contributed by atoms with Gasteiger partial charge in [0.05, 0.1) is 0 Å². The molecule has 1 unspecified atom stereocenters. The molecule has 1 aliphatic rings. The summed E-state index contributed by atoms with van der Waals surface area (Å²) in [4.78, 5) is 39.1. The summed E-state index contributed by atoms with van der Waals surface area (Å²) in [5.41, 5.74) is 1.22. The Morgan fingerprint density at radius 3 is 2.52 bits per heavy atom. The predicted molar refractivity (Wildman–Crippen MR) is 130 cm³/mol. The van der Waals surface area contributed by atoms with Gasteiger partial charge in [-0.2, -0.15) is 0 Å². The van der Waals surface area contributed by atoms with Gasteiger partial charge in [-0.15, -0.1) is 0 Å². The van der Waals surface area contributed by atoms with Crippen LogP contribution in [0.25, 0.3) is 0 Å². The second kappa shape index (κ2) is 9.25. The van der Waals surface area contributed by atoms with Crippen molar-refractivity contribution < 1.29 is 9.59 Å². The molecule has 0 radical (unpaired) electrons. The first-order valence-corrected chi connectivity index (χ1v) is 11.5. The third-order valence-electron chi connectivity index (χ3n) is 6.76. The first-order valence-electron chi connectivity index (χ1n) is 11.5. The van der Waals surface area contributed by atoms with Gasteiger partial charge in [-0.05, 0) is 51.3 Å². The number of rotatable bonds is 8. The highest BCUT2D eigenvalue weighted by Crippen LogP contribution is 2.43. The fraction of sp³-hybridized carbons (Fsp3) is 0.600. The molecule has 1 saturated heterocycles. The molecule has 3 heterocycles. The van der Waals surface area contributed by atoms with Gasteiger partial charge >= 0.3 is 0 Å². The van der Waals surface area contributed by atoms with Crippen LogP contribution in [0.1, 0.15) is 74.9 Å². The molecule has 0 bridgehead atoms. The minimum absolute atomic E-state index is 0.116. The van der Waals surface area contributed by atoms with Gasteiger partial charge in [0.15, 0.2) is 11.5 Å². The van der Waals surface area contributed by atoms with Crippen molar-refractivity contribution in [2.24, 2.45) is 7.05 Å². The average Bonchev–Trinajstić information content (AvgIpc) is 3.38. The molecular weight excluding hydrogens is 416 g/mol. The molecule has 1 aliphatic heterocycles. The summed E-state index contributed by atoms with van der Waals surface area (Å²) >= 11 is 0. The largest absolute Gasteiger partial charge is 0.343 e. The summed E-state index contributed by atoms with van der Waals surface area (Å²) in [5, 5.41) is 0. The van der Waals surface area contributed by atoms with Crippen LogP contribution in [0.4, 0.5) is 5.82 Å². The highest BCUT2D eigenvalue weighted by molar-refractivity contribution is 5.99. The van der Waals surface area contributed by atoms with Crippen LogP contribution in [-0.4, -0.2) is 69.9 Å². The van der Waals surface area contributed by atoms with Gasteiger partial charge in [-0.3, -0.25) is 19.5 Å². The Morgan fingerprint density at radius 1 is 1.24 bits per heavy atom. The predicted octanol–water partition coefficient (Wildman–Crippen LogP) is 3.39. The van der Waals surface area contributed by atoms with E-state index in [1.54, 1.807) is 21.1 Å². The van der Waals surface area contributed by atoms with Crippen molar-refractivity contribution in [1.82, 2.24) is 24.3 Å². The number of carbonyl (C=O) groups excluding carboxylic acids is 2. The van der Waals surface area contributed by atoms with Crippen LogP contribution in [0.5, 0.6) is 0 Å². The number of hydrogen-bond acceptors (Lipinski definition) is 5. The smallest absolute Gasteiger partial charge is 0.273 e. The lowest BCUT2D eigenvalue weighted by Crippen LogP contribution is -2.47. The maximum absolute atomic E-state index is 12.9. The summed E-state index contributed by atoms with van der Waals surface area (Å²) in [7, 11) is 6.91. The van der Waals surface area contributed by atoms with Gasteiger partial charge in [-0.25, -0.2) is 4.98 Å². The molecule has 3 rings (SSSR count). The molecule has 1 atom stereocenters. The molecule has 0 N–H and O–H groups in total. The van der Waals surface area contributed by atoms with Gasteiger partial charge in [0.25, 0.3) is 5.91 Å². The number of carbonyl (C=O) groups is 2. The molecular formula is C25H38N6O2. The number of anilines is 1. The molecule has 0 aliphatic carbocycles. The quantitative estimate of drug-likeness (QED) is 0.572. The van der Waals surface area contributed by atoms with Gasteiger partial charge in [0, 0.05) is 57.6 Å². The molecule has 2 amide bonds. The SMILES string of the molecule is CN(C)C(=O)c1c(N(C)C=O)nc(C(C)(C)CC(C)(C)N2CCCC2c2cccnc2)n1C. The summed E-state index contributed by atoms with van der Waals surface area (Å²) in [6.45, 7) is 9.95. The van der Waals surface area contributed by atoms with Gasteiger partial charge < -0.3 is 14.4 Å². The minimum atomic E-state index is -0.344. The summed E-state index contributed by atoms with van der Waals surface area (Å²) in [6.07, 6.45) is 7.59. The van der Waals surface area contributed by atoms with E-state index in [4.69, 9.17) is 4.98 Å². The van der Waals surface area contributed by atoms with Crippen molar-refractivity contribution in [2.75, 3.05) is 32.6 Å². The number of aromatic nitrogens is 3. The monoisotopic (exact) mass is 454 g/mol. The lowest BCUT2D eigenvalue weighted by Gasteiger charge is -2.44. The average molecular weight is 455 g/mol. The van der Waals surface area contributed by atoms with Crippen molar-refractivity contribution >= 4 is 18.1 Å². The van der Waals surface area contributed by atoms with Crippen LogP contribution in [0.2, 0.25) is 0 Å². The molecule has 8 heteroatoms. The number of pyridine rings is 1. The molecule has 2 aromatic heterocycles. The zero-order chi connectivity index (χ0) is 24.6. The lowest BCUT2D eigenvalue weighted by molar-refractivity contribution is -0.107. The Kier molecular flexibility index (Phi) is 6.98. The van der Waals surface area contributed by atoms with Crippen molar-refractivity contribution in [3.63, 3.8) is 0 Å². The van der Waals surface area contributed by atoms with Crippen LogP contribution in [-0.2, 0) is 17.3 Å². The number of likely N-dealkylation sites (tertiary alicyclic amines) is 1. The minimum Gasteiger partial charge on any atom is -0.343 e. The zero-order valence-electron chi connectivity index (χ0n) is 21.3. The normalized spacial score (nSPS) is 17.3. The van der Waals surface area contributed by atoms with Crippen molar-refractivity contribution in [3.8, 4) is 0 Å². The van der Waals surface area contributed by atoms with Crippen LogP contribution >= 0.6 is 0 Å². The molecule has 2 aromatic rings. The summed E-state index contributed by atoms with van der Waals surface area (Å²) in [6, 6.07) is 4.51. The first kappa shape index (κ1) is 24.9. The highest BCUT2D eigenvalue weighted by atomic mass is 16.2. The fourth-order valence-corrected chi connectivity index (χ4v) is 5.51. The molecule has 0 saturated carbocycles. The molecule has 0 aromatic carbocycles. The number of hydrogen-bond donors (Lipinski definition) is 0. The van der Waals surface area contributed by atoms with Gasteiger partial charge in [0.2, 0.25) is 6.41 Å². The Hall–Kier alpha value is -2.74. The fourth-order valence-electron chi connectivity index (χ4n) is 5.51. The Bertz CT molecular complexity index is 996. The number of nitrogens with zero attached hydrogens (tertiary/aromatic N) is 6. The molecule has 1 fully saturated rings. The maximum Gasteiger partial charge on any atom is 0.273 e. The van der Waals surface area contributed by atoms with E-state index in [-0.39, 0.29) is 16.9 Å². The third kappa shape index (κ3) is 4.81. The van der Waals surface area contributed by atoms with E-state index in [1.165, 1.54) is 15.4 Å². The van der Waals surface area contributed by atoms with Crippen LogP contribution < -0.4 is 4.90 Å². The van der Waals surface area contributed by atoms with E-state index in [0.29, 0.717) is 24.0 Å². The molecule has 180 valence electrons. The van der Waals surface area contributed by atoms with E-state index < -0.39 is 0 Å². The summed E-state index contributed by atoms with van der Waals surface area (Å²) in [5.74, 6) is 1.01. The van der Waals surface area contributed by atoms with Crippen molar-refractivity contribution in [2.45, 2.75) is 64.0 Å². The second-order valence-electron chi connectivity index (χ2n) is 10.6. The van der Waals surface area contributed by atoms with Crippen molar-refractivity contribution in [3.05, 3.63) is 41.6 Å². The lowest BCUT2D eigenvalue weighted by atomic mass is 9.78. The first-order chi connectivity index (χ1) is 15.4. The standard InChI is InChI=1S/C25H38N6O2/c1-24(2,23-27-21(29(7)17-32)20(30(23)8)22(33)28(5)6)16-25(3,4)31-14-10-12-19(31)18-11-9-13-26-15-18/h9,11,13,15,17,19H,10,12,14,16H2,1-8H3.